The third-order valence-corrected chi connectivity index (χ3v) is 3.95. The summed E-state index contributed by atoms with van der Waals surface area (Å²) in [5.74, 6) is -1.31. The third-order valence-electron chi connectivity index (χ3n) is 3.95. The van der Waals surface area contributed by atoms with Crippen LogP contribution in [0.1, 0.15) is 23.7 Å². The first-order valence-corrected chi connectivity index (χ1v) is 7.99. The predicted molar refractivity (Wildman–Crippen MR) is 93.6 cm³/mol. The van der Waals surface area contributed by atoms with Gasteiger partial charge in [0.05, 0.1) is 23.8 Å². The van der Waals surface area contributed by atoms with Crippen LogP contribution in [0.4, 0.5) is 4.39 Å². The molecule has 0 amide bonds. The molecule has 0 aliphatic rings. The van der Waals surface area contributed by atoms with Gasteiger partial charge in [0.2, 0.25) is 0 Å². The van der Waals surface area contributed by atoms with Crippen molar-refractivity contribution >= 4 is 17.0 Å². The third kappa shape index (κ3) is 2.90. The molecule has 3 aromatic rings. The molecule has 0 fully saturated rings. The Kier molecular flexibility index (Phi) is 4.66. The number of hydrogen-bond acceptors (Lipinski definition) is 5. The number of aromatic amines is 1. The fourth-order valence-electron chi connectivity index (χ4n) is 2.78. The van der Waals surface area contributed by atoms with E-state index in [0.717, 1.165) is 0 Å². The van der Waals surface area contributed by atoms with Gasteiger partial charge in [0.1, 0.15) is 5.82 Å². The zero-order valence-electron chi connectivity index (χ0n) is 14.2. The van der Waals surface area contributed by atoms with Crippen LogP contribution < -0.4 is 11.2 Å². The van der Waals surface area contributed by atoms with Crippen molar-refractivity contribution in [3.63, 3.8) is 0 Å². The van der Waals surface area contributed by atoms with Gasteiger partial charge in [0.15, 0.2) is 5.65 Å². The number of ether oxygens (including phenoxy) is 1. The van der Waals surface area contributed by atoms with Crippen LogP contribution >= 0.6 is 0 Å². The first-order valence-electron chi connectivity index (χ1n) is 7.99. The predicted octanol–water partition coefficient (Wildman–Crippen LogP) is 2.09. The lowest BCUT2D eigenvalue weighted by atomic mass is 10.1. The summed E-state index contributed by atoms with van der Waals surface area (Å²) in [6.45, 7) is 2.13. The number of benzene rings is 1. The molecule has 3 rings (SSSR count). The summed E-state index contributed by atoms with van der Waals surface area (Å²) in [6.07, 6.45) is 0.597. The molecule has 134 valence electrons. The number of esters is 1. The monoisotopic (exact) mass is 357 g/mol. The molecule has 1 N–H and O–H groups in total. The number of methoxy groups -OCH3 is 1. The molecule has 0 saturated heterocycles. The number of nitrogens with one attached hydrogen (secondary N) is 1. The Hall–Kier alpha value is -3.29. The van der Waals surface area contributed by atoms with Gasteiger partial charge in [-0.15, -0.1) is 0 Å². The maximum absolute atomic E-state index is 14.2. The summed E-state index contributed by atoms with van der Waals surface area (Å²) in [6, 6.07) is 7.20. The van der Waals surface area contributed by atoms with Crippen molar-refractivity contribution < 1.29 is 13.9 Å². The number of aryl methyl sites for hydroxylation is 1. The standard InChI is InChI=1S/C18H16FN3O4/c1-3-8-22-15-14(16(23)21-18(22)25)11(17(24)26-2)9-13(20-15)10-6-4-5-7-12(10)19/h4-7,9H,3,8H2,1-2H3,(H,21,23,25). The van der Waals surface area contributed by atoms with Gasteiger partial charge in [-0.05, 0) is 24.6 Å². The van der Waals surface area contributed by atoms with Gasteiger partial charge < -0.3 is 4.74 Å². The van der Waals surface area contributed by atoms with Gasteiger partial charge in [0.25, 0.3) is 5.56 Å². The van der Waals surface area contributed by atoms with Crippen molar-refractivity contribution in [2.75, 3.05) is 7.11 Å². The first-order chi connectivity index (χ1) is 12.5. The SMILES string of the molecule is CCCn1c(=O)[nH]c(=O)c2c(C(=O)OC)cc(-c3ccccc3F)nc21. The Morgan fingerprint density at radius 1 is 1.31 bits per heavy atom. The molecule has 2 heterocycles. The summed E-state index contributed by atoms with van der Waals surface area (Å²) in [5.41, 5.74) is -1.17. The van der Waals surface area contributed by atoms with Crippen molar-refractivity contribution in [2.45, 2.75) is 19.9 Å². The summed E-state index contributed by atoms with van der Waals surface area (Å²) < 4.78 is 20.2. The second-order valence-corrected chi connectivity index (χ2v) is 5.64. The highest BCUT2D eigenvalue weighted by Crippen LogP contribution is 2.25. The van der Waals surface area contributed by atoms with E-state index in [1.807, 2.05) is 6.92 Å². The van der Waals surface area contributed by atoms with Crippen molar-refractivity contribution in [2.24, 2.45) is 0 Å². The maximum atomic E-state index is 14.2. The minimum Gasteiger partial charge on any atom is -0.465 e. The van der Waals surface area contributed by atoms with E-state index in [1.54, 1.807) is 6.07 Å². The van der Waals surface area contributed by atoms with Crippen molar-refractivity contribution in [3.8, 4) is 11.3 Å². The minimum absolute atomic E-state index is 0.0155. The Morgan fingerprint density at radius 3 is 2.69 bits per heavy atom. The van der Waals surface area contributed by atoms with Crippen LogP contribution in [0.15, 0.2) is 39.9 Å². The normalized spacial score (nSPS) is 10.9. The highest BCUT2D eigenvalue weighted by atomic mass is 19.1. The largest absolute Gasteiger partial charge is 0.465 e. The molecule has 1 aromatic carbocycles. The topological polar surface area (TPSA) is 94.1 Å². The average Bonchev–Trinajstić information content (AvgIpc) is 2.63. The molecule has 0 bridgehead atoms. The highest BCUT2D eigenvalue weighted by Gasteiger charge is 2.21. The molecule has 0 radical (unpaired) electrons. The van der Waals surface area contributed by atoms with Crippen LogP contribution in [0, 0.1) is 5.82 Å². The van der Waals surface area contributed by atoms with Crippen LogP contribution in [0.25, 0.3) is 22.3 Å². The number of hydrogen-bond donors (Lipinski definition) is 1. The van der Waals surface area contributed by atoms with Gasteiger partial charge in [-0.2, -0.15) is 0 Å². The van der Waals surface area contributed by atoms with E-state index in [4.69, 9.17) is 4.74 Å². The number of carbonyl (C=O) groups is 1. The number of fused-ring (bicyclic) bond motifs is 1. The molecule has 26 heavy (non-hydrogen) atoms. The number of rotatable bonds is 4. The Morgan fingerprint density at radius 2 is 2.04 bits per heavy atom. The van der Waals surface area contributed by atoms with Crippen LogP contribution in [0.3, 0.4) is 0 Å². The van der Waals surface area contributed by atoms with Gasteiger partial charge in [-0.25, -0.2) is 19.0 Å². The number of H-pyrrole nitrogens is 1. The quantitative estimate of drug-likeness (QED) is 0.722. The molecule has 0 aliphatic carbocycles. The van der Waals surface area contributed by atoms with Crippen LogP contribution in [-0.4, -0.2) is 27.6 Å². The lowest BCUT2D eigenvalue weighted by Crippen LogP contribution is -2.32. The first kappa shape index (κ1) is 17.5. The number of carbonyl (C=O) groups excluding carboxylic acids is 1. The van der Waals surface area contributed by atoms with E-state index in [2.05, 4.69) is 9.97 Å². The second-order valence-electron chi connectivity index (χ2n) is 5.64. The van der Waals surface area contributed by atoms with Crippen molar-refractivity contribution in [1.29, 1.82) is 0 Å². The lowest BCUT2D eigenvalue weighted by molar-refractivity contribution is 0.0603. The summed E-state index contributed by atoms with van der Waals surface area (Å²) in [4.78, 5) is 43.2. The zero-order valence-corrected chi connectivity index (χ0v) is 14.2. The van der Waals surface area contributed by atoms with Gasteiger partial charge in [-0.1, -0.05) is 19.1 Å². The molecule has 2 aromatic heterocycles. The molecule has 7 nitrogen and oxygen atoms in total. The van der Waals surface area contributed by atoms with E-state index in [1.165, 1.54) is 35.9 Å². The lowest BCUT2D eigenvalue weighted by Gasteiger charge is -2.12. The number of nitrogens with zero attached hydrogens (tertiary/aromatic N) is 2. The van der Waals surface area contributed by atoms with E-state index in [9.17, 15) is 18.8 Å². The molecule has 0 aliphatic heterocycles. The summed E-state index contributed by atoms with van der Waals surface area (Å²) >= 11 is 0. The van der Waals surface area contributed by atoms with E-state index in [0.29, 0.717) is 6.42 Å². The number of halogens is 1. The Labute approximate surface area is 147 Å². The van der Waals surface area contributed by atoms with Crippen molar-refractivity contribution in [3.05, 3.63) is 62.6 Å². The maximum Gasteiger partial charge on any atom is 0.338 e. The zero-order chi connectivity index (χ0) is 18.8. The summed E-state index contributed by atoms with van der Waals surface area (Å²) in [7, 11) is 1.17. The fourth-order valence-corrected chi connectivity index (χ4v) is 2.78. The van der Waals surface area contributed by atoms with E-state index < -0.39 is 23.0 Å². The van der Waals surface area contributed by atoms with Crippen LogP contribution in [-0.2, 0) is 11.3 Å². The second kappa shape index (κ2) is 6.91. The van der Waals surface area contributed by atoms with Gasteiger partial charge in [0, 0.05) is 12.1 Å². The minimum atomic E-state index is -0.776. The van der Waals surface area contributed by atoms with Crippen LogP contribution in [0.5, 0.6) is 0 Å². The van der Waals surface area contributed by atoms with Gasteiger partial charge in [-0.3, -0.25) is 14.3 Å². The van der Waals surface area contributed by atoms with Crippen LogP contribution in [0.2, 0.25) is 0 Å². The Balaban J connectivity index is 2.49. The average molecular weight is 357 g/mol. The molecule has 0 unspecified atom stereocenters. The molecule has 0 spiro atoms. The number of pyridine rings is 1. The van der Waals surface area contributed by atoms with Gasteiger partial charge >= 0.3 is 11.7 Å². The Bertz CT molecular complexity index is 1120. The van der Waals surface area contributed by atoms with E-state index >= 15 is 0 Å². The van der Waals surface area contributed by atoms with E-state index in [-0.39, 0.29) is 34.4 Å². The molecular formula is C18H16FN3O4. The molecule has 0 saturated carbocycles. The number of aromatic nitrogens is 3. The van der Waals surface area contributed by atoms with Crippen molar-refractivity contribution in [1.82, 2.24) is 14.5 Å². The highest BCUT2D eigenvalue weighted by molar-refractivity contribution is 6.03. The molecular weight excluding hydrogens is 341 g/mol. The molecule has 0 atom stereocenters. The fraction of sp³-hybridized carbons (Fsp3) is 0.222. The molecule has 8 heteroatoms. The smallest absolute Gasteiger partial charge is 0.338 e. The summed E-state index contributed by atoms with van der Waals surface area (Å²) in [5, 5.41) is -0.0648.